The first-order chi connectivity index (χ1) is 11.6. The quantitative estimate of drug-likeness (QED) is 0.368. The number of hydrogen-bond donors (Lipinski definition) is 1. The first-order valence-corrected chi connectivity index (χ1v) is 5.99. The summed E-state index contributed by atoms with van der Waals surface area (Å²) in [6, 6.07) is 0.361. The Morgan fingerprint density at radius 3 is 2.56 bits per heavy atom. The van der Waals surface area contributed by atoms with Gasteiger partial charge in [-0.3, -0.25) is 5.10 Å². The van der Waals surface area contributed by atoms with E-state index in [1.54, 1.807) is 0 Å². The van der Waals surface area contributed by atoms with Gasteiger partial charge < -0.3 is 19.6 Å². The standard InChI is InChI=1S/C10H6F5N5O5/c1-24-8(21)5-6(7(17-16-5)10(13,14)15)19-4(25-9(11)12)2-3(18-19)20(22)23/h2,9H,1H3,(H,16,17). The summed E-state index contributed by atoms with van der Waals surface area (Å²) in [5, 5.41) is 18.5. The molecule has 0 bridgehead atoms. The lowest BCUT2D eigenvalue weighted by Gasteiger charge is -2.08. The van der Waals surface area contributed by atoms with Crippen molar-refractivity contribution in [1.29, 1.82) is 0 Å². The predicted octanol–water partition coefficient (Wildman–Crippen LogP) is 1.91. The zero-order chi connectivity index (χ0) is 18.9. The smallest absolute Gasteiger partial charge is 0.435 e. The van der Waals surface area contributed by atoms with Gasteiger partial charge in [-0.2, -0.15) is 27.1 Å². The number of aromatic nitrogens is 4. The molecule has 2 heterocycles. The highest BCUT2D eigenvalue weighted by atomic mass is 19.4. The van der Waals surface area contributed by atoms with Gasteiger partial charge in [-0.25, -0.2) is 4.79 Å². The van der Waals surface area contributed by atoms with Crippen molar-refractivity contribution in [2.24, 2.45) is 0 Å². The molecule has 0 aliphatic heterocycles. The second-order valence-electron chi connectivity index (χ2n) is 4.17. The molecule has 0 unspecified atom stereocenters. The van der Waals surface area contributed by atoms with Crippen LogP contribution in [-0.2, 0) is 10.9 Å². The number of halogens is 5. The van der Waals surface area contributed by atoms with Crippen molar-refractivity contribution in [3.63, 3.8) is 0 Å². The second-order valence-corrected chi connectivity index (χ2v) is 4.17. The van der Waals surface area contributed by atoms with Crippen LogP contribution in [0.1, 0.15) is 16.2 Å². The number of aromatic amines is 1. The molecule has 0 aliphatic carbocycles. The molecule has 2 aromatic heterocycles. The average Bonchev–Trinajstić information content (AvgIpc) is 3.08. The fraction of sp³-hybridized carbons (Fsp3) is 0.300. The van der Waals surface area contributed by atoms with Crippen LogP contribution < -0.4 is 4.74 Å². The van der Waals surface area contributed by atoms with Crippen LogP contribution in [0, 0.1) is 10.1 Å². The van der Waals surface area contributed by atoms with Crippen molar-refractivity contribution >= 4 is 11.8 Å². The van der Waals surface area contributed by atoms with E-state index >= 15 is 0 Å². The fourth-order valence-corrected chi connectivity index (χ4v) is 1.76. The number of hydrogen-bond acceptors (Lipinski definition) is 7. The minimum atomic E-state index is -5.13. The van der Waals surface area contributed by atoms with Crippen LogP contribution in [0.2, 0.25) is 0 Å². The van der Waals surface area contributed by atoms with Crippen LogP contribution >= 0.6 is 0 Å². The molecule has 136 valence electrons. The van der Waals surface area contributed by atoms with Gasteiger partial charge in [-0.05, 0) is 4.92 Å². The molecule has 0 aliphatic rings. The molecule has 0 spiro atoms. The fourth-order valence-electron chi connectivity index (χ4n) is 1.76. The van der Waals surface area contributed by atoms with Crippen molar-refractivity contribution in [2.45, 2.75) is 12.8 Å². The number of rotatable bonds is 5. The Labute approximate surface area is 133 Å². The van der Waals surface area contributed by atoms with E-state index in [0.717, 1.165) is 7.11 Å². The van der Waals surface area contributed by atoms with Gasteiger partial charge >= 0.3 is 24.6 Å². The van der Waals surface area contributed by atoms with Gasteiger partial charge in [0.25, 0.3) is 0 Å². The highest BCUT2D eigenvalue weighted by Gasteiger charge is 2.42. The van der Waals surface area contributed by atoms with E-state index in [1.165, 1.54) is 5.10 Å². The molecule has 0 aromatic carbocycles. The monoisotopic (exact) mass is 371 g/mol. The first kappa shape index (κ1) is 18.1. The molecule has 10 nitrogen and oxygen atoms in total. The molecule has 15 heteroatoms. The lowest BCUT2D eigenvalue weighted by Crippen LogP contribution is -2.16. The summed E-state index contributed by atoms with van der Waals surface area (Å²) in [7, 11) is 0.830. The van der Waals surface area contributed by atoms with Gasteiger partial charge in [0, 0.05) is 0 Å². The zero-order valence-electron chi connectivity index (χ0n) is 11.9. The van der Waals surface area contributed by atoms with E-state index < -0.39 is 52.5 Å². The van der Waals surface area contributed by atoms with Crippen LogP contribution in [0.4, 0.5) is 27.8 Å². The summed E-state index contributed by atoms with van der Waals surface area (Å²) < 4.78 is 72.3. The summed E-state index contributed by atoms with van der Waals surface area (Å²) >= 11 is 0. The molecule has 25 heavy (non-hydrogen) atoms. The van der Waals surface area contributed by atoms with Crippen LogP contribution in [0.5, 0.6) is 5.88 Å². The molecular formula is C10H6F5N5O5. The number of esters is 1. The molecule has 0 atom stereocenters. The normalized spacial score (nSPS) is 11.6. The van der Waals surface area contributed by atoms with E-state index in [9.17, 15) is 36.9 Å². The topological polar surface area (TPSA) is 125 Å². The van der Waals surface area contributed by atoms with Crippen LogP contribution in [0.25, 0.3) is 5.69 Å². The molecule has 1 N–H and O–H groups in total. The Hall–Kier alpha value is -3.26. The maximum Gasteiger partial charge on any atom is 0.435 e. The zero-order valence-corrected chi connectivity index (χ0v) is 11.9. The number of carbonyl (C=O) groups is 1. The van der Waals surface area contributed by atoms with Crippen molar-refractivity contribution in [2.75, 3.05) is 7.11 Å². The number of nitro groups is 1. The molecular weight excluding hydrogens is 365 g/mol. The largest absolute Gasteiger partial charge is 0.464 e. The molecule has 0 saturated carbocycles. The highest BCUT2D eigenvalue weighted by Crippen LogP contribution is 2.36. The first-order valence-electron chi connectivity index (χ1n) is 5.99. The van der Waals surface area contributed by atoms with Crippen LogP contribution in [-0.4, -0.2) is 44.6 Å². The lowest BCUT2D eigenvalue weighted by atomic mass is 10.2. The number of nitrogens with zero attached hydrogens (tertiary/aromatic N) is 4. The van der Waals surface area contributed by atoms with Gasteiger partial charge in [-0.15, -0.1) is 4.68 Å². The molecule has 0 fully saturated rings. The maximum absolute atomic E-state index is 13.1. The van der Waals surface area contributed by atoms with E-state index in [2.05, 4.69) is 19.7 Å². The number of alkyl halides is 5. The SMILES string of the molecule is COC(=O)c1n[nH]c(C(F)(F)F)c1-n1nc([N+](=O)[O-])cc1OC(F)F. The molecule has 0 radical (unpaired) electrons. The third-order valence-corrected chi connectivity index (χ3v) is 2.68. The van der Waals surface area contributed by atoms with Gasteiger partial charge in [0.2, 0.25) is 5.88 Å². The minimum absolute atomic E-state index is 0.0167. The van der Waals surface area contributed by atoms with Crippen molar-refractivity contribution in [3.05, 3.63) is 27.6 Å². The molecule has 2 rings (SSSR count). The summed E-state index contributed by atoms with van der Waals surface area (Å²) in [5.41, 5.74) is -3.86. The Kier molecular flexibility index (Phi) is 4.58. The maximum atomic E-state index is 13.1. The Balaban J connectivity index is 2.77. The Morgan fingerprint density at radius 1 is 1.44 bits per heavy atom. The van der Waals surface area contributed by atoms with E-state index in [-0.39, 0.29) is 4.68 Å². The van der Waals surface area contributed by atoms with Crippen LogP contribution in [0.15, 0.2) is 6.07 Å². The van der Waals surface area contributed by atoms with Gasteiger partial charge in [-0.1, -0.05) is 0 Å². The second kappa shape index (κ2) is 6.33. The average molecular weight is 371 g/mol. The number of nitrogens with one attached hydrogen (secondary N) is 1. The predicted molar refractivity (Wildman–Crippen MR) is 65.3 cm³/mol. The van der Waals surface area contributed by atoms with E-state index in [1.807, 2.05) is 0 Å². The van der Waals surface area contributed by atoms with Gasteiger partial charge in [0.05, 0.1) is 12.2 Å². The molecule has 2 aromatic rings. The minimum Gasteiger partial charge on any atom is -0.464 e. The van der Waals surface area contributed by atoms with Gasteiger partial charge in [0.15, 0.2) is 17.1 Å². The molecule has 0 saturated heterocycles. The van der Waals surface area contributed by atoms with Gasteiger partial charge in [0.1, 0.15) is 6.07 Å². The lowest BCUT2D eigenvalue weighted by molar-refractivity contribution is -0.389. The number of ether oxygens (including phenoxy) is 2. The summed E-state index contributed by atoms with van der Waals surface area (Å²) in [6.45, 7) is -3.53. The number of H-pyrrole nitrogens is 1. The number of methoxy groups -OCH3 is 1. The van der Waals surface area contributed by atoms with E-state index in [0.29, 0.717) is 6.07 Å². The van der Waals surface area contributed by atoms with Crippen molar-refractivity contribution in [3.8, 4) is 11.6 Å². The highest BCUT2D eigenvalue weighted by molar-refractivity contribution is 5.91. The summed E-state index contributed by atoms with van der Waals surface area (Å²) in [6.07, 6.45) is -5.13. The Morgan fingerprint density at radius 2 is 2.08 bits per heavy atom. The van der Waals surface area contributed by atoms with E-state index in [4.69, 9.17) is 0 Å². The van der Waals surface area contributed by atoms with Crippen molar-refractivity contribution < 1.29 is 41.1 Å². The van der Waals surface area contributed by atoms with Crippen molar-refractivity contribution in [1.82, 2.24) is 20.0 Å². The Bertz CT molecular complexity index is 814. The summed E-state index contributed by atoms with van der Waals surface area (Å²) in [5.74, 6) is -3.58. The third kappa shape index (κ3) is 3.48. The molecule has 0 amide bonds. The number of carbonyl (C=O) groups excluding carboxylic acids is 1. The summed E-state index contributed by atoms with van der Waals surface area (Å²) in [4.78, 5) is 21.2. The van der Waals surface area contributed by atoms with Crippen LogP contribution in [0.3, 0.4) is 0 Å². The third-order valence-electron chi connectivity index (χ3n) is 2.68.